The third-order valence-corrected chi connectivity index (χ3v) is 1.03. The highest BCUT2D eigenvalue weighted by atomic mass is 19.1. The van der Waals surface area contributed by atoms with E-state index in [9.17, 15) is 8.78 Å². The first-order valence-corrected chi connectivity index (χ1v) is 2.56. The molecule has 52 valence electrons. The second-order valence-electron chi connectivity index (χ2n) is 1.71. The molecule has 1 aromatic carbocycles. The summed E-state index contributed by atoms with van der Waals surface area (Å²) in [6, 6.07) is 2.77. The summed E-state index contributed by atoms with van der Waals surface area (Å²) in [7, 11) is 0. The van der Waals surface area contributed by atoms with Gasteiger partial charge in [-0.3, -0.25) is 0 Å². The van der Waals surface area contributed by atoms with E-state index in [2.05, 4.69) is 5.11 Å². The average Bonchev–Trinajstić information content (AvgIpc) is 1.94. The van der Waals surface area contributed by atoms with Crippen LogP contribution in [0.1, 0.15) is 0 Å². The molecule has 4 heteroatoms. The van der Waals surface area contributed by atoms with Gasteiger partial charge in [-0.05, 0) is 12.1 Å². The largest absolute Gasteiger partial charge is 0.207 e. The second kappa shape index (κ2) is 2.51. The number of nitrogens with zero attached hydrogens (tertiary/aromatic N) is 1. The number of hydrogen-bond acceptors (Lipinski definition) is 2. The summed E-state index contributed by atoms with van der Waals surface area (Å²) in [5.74, 6) is -1.27. The summed E-state index contributed by atoms with van der Waals surface area (Å²) < 4.78 is 24.6. The molecular weight excluding hydrogens is 138 g/mol. The fourth-order valence-electron chi connectivity index (χ4n) is 0.571. The molecule has 0 amide bonds. The summed E-state index contributed by atoms with van der Waals surface area (Å²) in [4.78, 5) is 0. The Morgan fingerprint density at radius 1 is 1.30 bits per heavy atom. The standard InChI is InChI=1S/C6H4F2N2/c7-4-1-2-5(8)6(3-4)10-9/h1-3,9H. The molecule has 2 nitrogen and oxygen atoms in total. The SMILES string of the molecule is N=Nc1cc(F)ccc1F. The number of benzene rings is 1. The lowest BCUT2D eigenvalue weighted by Crippen LogP contribution is -1.76. The first-order valence-electron chi connectivity index (χ1n) is 2.56. The highest BCUT2D eigenvalue weighted by Crippen LogP contribution is 2.17. The molecule has 0 atom stereocenters. The number of halogens is 2. The molecule has 1 rings (SSSR count). The van der Waals surface area contributed by atoms with Gasteiger partial charge in [0.15, 0.2) is 5.82 Å². The predicted molar refractivity (Wildman–Crippen MR) is 31.2 cm³/mol. The van der Waals surface area contributed by atoms with E-state index < -0.39 is 11.6 Å². The van der Waals surface area contributed by atoms with Crippen LogP contribution in [0.2, 0.25) is 0 Å². The van der Waals surface area contributed by atoms with Crippen LogP contribution < -0.4 is 0 Å². The van der Waals surface area contributed by atoms with E-state index in [4.69, 9.17) is 5.53 Å². The molecule has 0 aliphatic carbocycles. The molecule has 1 aromatic rings. The van der Waals surface area contributed by atoms with Gasteiger partial charge in [-0.15, -0.1) is 0 Å². The summed E-state index contributed by atoms with van der Waals surface area (Å²) in [6.07, 6.45) is 0. The zero-order valence-corrected chi connectivity index (χ0v) is 4.94. The van der Waals surface area contributed by atoms with Gasteiger partial charge in [0.2, 0.25) is 0 Å². The van der Waals surface area contributed by atoms with E-state index in [0.717, 1.165) is 18.2 Å². The van der Waals surface area contributed by atoms with E-state index in [0.29, 0.717) is 0 Å². The lowest BCUT2D eigenvalue weighted by atomic mass is 10.3. The van der Waals surface area contributed by atoms with E-state index in [1.165, 1.54) is 0 Å². The van der Waals surface area contributed by atoms with Gasteiger partial charge < -0.3 is 0 Å². The van der Waals surface area contributed by atoms with Crippen LogP contribution in [0.25, 0.3) is 0 Å². The van der Waals surface area contributed by atoms with E-state index in [1.807, 2.05) is 0 Å². The maximum Gasteiger partial charge on any atom is 0.150 e. The maximum absolute atomic E-state index is 12.4. The maximum atomic E-state index is 12.4. The van der Waals surface area contributed by atoms with Crippen LogP contribution in [0.3, 0.4) is 0 Å². The van der Waals surface area contributed by atoms with Crippen LogP contribution in [-0.2, 0) is 0 Å². The minimum Gasteiger partial charge on any atom is -0.207 e. The highest BCUT2D eigenvalue weighted by Gasteiger charge is 2.00. The van der Waals surface area contributed by atoms with Gasteiger partial charge in [0.05, 0.1) is 0 Å². The molecular formula is C6H4F2N2. The molecule has 0 heterocycles. The molecule has 0 bridgehead atoms. The summed E-state index contributed by atoms with van der Waals surface area (Å²) in [5, 5.41) is 2.77. The van der Waals surface area contributed by atoms with Crippen LogP contribution in [0.5, 0.6) is 0 Å². The van der Waals surface area contributed by atoms with Gasteiger partial charge in [0.25, 0.3) is 0 Å². The normalized spacial score (nSPS) is 9.40. The van der Waals surface area contributed by atoms with Gasteiger partial charge in [-0.25, -0.2) is 14.3 Å². The third kappa shape index (κ3) is 1.15. The van der Waals surface area contributed by atoms with Gasteiger partial charge in [-0.1, -0.05) is 0 Å². The zero-order chi connectivity index (χ0) is 7.56. The molecule has 0 unspecified atom stereocenters. The molecule has 0 fully saturated rings. The first-order chi connectivity index (χ1) is 4.74. The predicted octanol–water partition coefficient (Wildman–Crippen LogP) is 2.63. The van der Waals surface area contributed by atoms with Gasteiger partial charge in [0, 0.05) is 6.07 Å². The van der Waals surface area contributed by atoms with Crippen molar-refractivity contribution in [1.29, 1.82) is 5.53 Å². The summed E-state index contributed by atoms with van der Waals surface area (Å²) in [6.45, 7) is 0. The third-order valence-electron chi connectivity index (χ3n) is 1.03. The Labute approximate surface area is 56.0 Å². The lowest BCUT2D eigenvalue weighted by Gasteiger charge is -1.91. The van der Waals surface area contributed by atoms with Crippen LogP contribution in [0.4, 0.5) is 14.5 Å². The van der Waals surface area contributed by atoms with Crippen molar-refractivity contribution in [2.24, 2.45) is 5.11 Å². The minimum atomic E-state index is -0.684. The molecule has 0 radical (unpaired) electrons. The molecule has 0 aromatic heterocycles. The number of hydrogen-bond donors (Lipinski definition) is 1. The van der Waals surface area contributed by atoms with Crippen LogP contribution >= 0.6 is 0 Å². The Kier molecular flexibility index (Phi) is 1.71. The quantitative estimate of drug-likeness (QED) is 0.585. The average molecular weight is 142 g/mol. The molecule has 1 N–H and O–H groups in total. The Bertz CT molecular complexity index is 260. The Morgan fingerprint density at radius 3 is 2.50 bits per heavy atom. The monoisotopic (exact) mass is 142 g/mol. The second-order valence-corrected chi connectivity index (χ2v) is 1.71. The summed E-state index contributed by atoms with van der Waals surface area (Å²) >= 11 is 0. The van der Waals surface area contributed by atoms with Crippen LogP contribution in [0.15, 0.2) is 23.3 Å². The van der Waals surface area contributed by atoms with Crippen molar-refractivity contribution in [3.05, 3.63) is 29.8 Å². The first kappa shape index (κ1) is 6.80. The molecule has 0 saturated heterocycles. The lowest BCUT2D eigenvalue weighted by molar-refractivity contribution is 0.600. The zero-order valence-electron chi connectivity index (χ0n) is 4.94. The number of rotatable bonds is 1. The van der Waals surface area contributed by atoms with E-state index in [-0.39, 0.29) is 5.69 Å². The topological polar surface area (TPSA) is 36.2 Å². The smallest absolute Gasteiger partial charge is 0.150 e. The highest BCUT2D eigenvalue weighted by molar-refractivity contribution is 5.37. The Hall–Kier alpha value is -1.32. The summed E-state index contributed by atoms with van der Waals surface area (Å²) in [5.41, 5.74) is 6.12. The van der Waals surface area contributed by atoms with Gasteiger partial charge in [0.1, 0.15) is 11.5 Å². The van der Waals surface area contributed by atoms with Crippen LogP contribution in [-0.4, -0.2) is 0 Å². The molecule has 10 heavy (non-hydrogen) atoms. The molecule has 0 aliphatic heterocycles. The van der Waals surface area contributed by atoms with E-state index in [1.54, 1.807) is 0 Å². The molecule has 0 spiro atoms. The van der Waals surface area contributed by atoms with Crippen molar-refractivity contribution < 1.29 is 8.78 Å². The fourth-order valence-corrected chi connectivity index (χ4v) is 0.571. The van der Waals surface area contributed by atoms with Crippen molar-refractivity contribution in [1.82, 2.24) is 0 Å². The van der Waals surface area contributed by atoms with Crippen molar-refractivity contribution in [2.75, 3.05) is 0 Å². The van der Waals surface area contributed by atoms with Crippen molar-refractivity contribution in [3.63, 3.8) is 0 Å². The van der Waals surface area contributed by atoms with Crippen molar-refractivity contribution in [2.45, 2.75) is 0 Å². The molecule has 0 aliphatic rings. The number of nitrogens with one attached hydrogen (secondary N) is 1. The molecule has 0 saturated carbocycles. The van der Waals surface area contributed by atoms with Crippen molar-refractivity contribution in [3.8, 4) is 0 Å². The minimum absolute atomic E-state index is 0.278. The van der Waals surface area contributed by atoms with Gasteiger partial charge >= 0.3 is 0 Å². The van der Waals surface area contributed by atoms with Crippen LogP contribution in [0, 0.1) is 17.2 Å². The Morgan fingerprint density at radius 2 is 2.00 bits per heavy atom. The van der Waals surface area contributed by atoms with Gasteiger partial charge in [-0.2, -0.15) is 5.11 Å². The van der Waals surface area contributed by atoms with E-state index >= 15 is 0 Å². The Balaban J connectivity index is 3.21. The van der Waals surface area contributed by atoms with Crippen molar-refractivity contribution >= 4 is 5.69 Å². The fraction of sp³-hybridized carbons (Fsp3) is 0.